The van der Waals surface area contributed by atoms with E-state index in [1.165, 1.54) is 5.56 Å². The predicted octanol–water partition coefficient (Wildman–Crippen LogP) is 2.73. The van der Waals surface area contributed by atoms with E-state index in [0.717, 1.165) is 12.8 Å². The first kappa shape index (κ1) is 14.2. The topological polar surface area (TPSA) is 20.2 Å². The van der Waals surface area contributed by atoms with Crippen LogP contribution in [0.1, 0.15) is 12.0 Å². The summed E-state index contributed by atoms with van der Waals surface area (Å²) in [7, 11) is 0. The number of hydrogen-bond donors (Lipinski definition) is 1. The van der Waals surface area contributed by atoms with Gasteiger partial charge in [0.05, 0.1) is 0 Å². The van der Waals surface area contributed by atoms with E-state index in [4.69, 9.17) is 5.11 Å². The fourth-order valence-electron chi connectivity index (χ4n) is 1.18. The van der Waals surface area contributed by atoms with E-state index in [2.05, 4.69) is 12.1 Å². The van der Waals surface area contributed by atoms with Gasteiger partial charge in [0.25, 0.3) is 0 Å². The van der Waals surface area contributed by atoms with E-state index in [0.29, 0.717) is 6.61 Å². The molecule has 0 aliphatic carbocycles. The average molecular weight is 244 g/mol. The first-order chi connectivity index (χ1) is 6.93. The molecule has 0 radical (unpaired) electrons. The standard InChI is InChI=1S/C8H11O.C5H5.Fe/c9-7-3-6-8-4-1-2-5-8;1-2-4-5-3-1;/h1-2,4-5,9H,3,6-7H2;1-5H;/q-1;-5;. The zero-order chi connectivity index (χ0) is 10.1. The van der Waals surface area contributed by atoms with Crippen LogP contribution in [0.15, 0.2) is 54.6 Å². The summed E-state index contributed by atoms with van der Waals surface area (Å²) in [6.45, 7) is 0.297. The van der Waals surface area contributed by atoms with Gasteiger partial charge in [-0.05, 0) is 6.42 Å². The Balaban J connectivity index is 0.000000280. The van der Waals surface area contributed by atoms with Crippen molar-refractivity contribution < 1.29 is 22.2 Å². The number of hydrogen-bond acceptors (Lipinski definition) is 1. The molecule has 0 atom stereocenters. The van der Waals surface area contributed by atoms with Gasteiger partial charge in [-0.15, -0.1) is 0 Å². The minimum atomic E-state index is 0. The molecule has 15 heavy (non-hydrogen) atoms. The Bertz CT molecular complexity index is 267. The van der Waals surface area contributed by atoms with Crippen LogP contribution < -0.4 is 0 Å². The summed E-state index contributed by atoms with van der Waals surface area (Å²) in [5.41, 5.74) is 1.32. The van der Waals surface area contributed by atoms with E-state index in [-0.39, 0.29) is 17.1 Å². The molecule has 0 aliphatic rings. The summed E-state index contributed by atoms with van der Waals surface area (Å²) in [5.74, 6) is 0. The monoisotopic (exact) mass is 244 g/mol. The summed E-state index contributed by atoms with van der Waals surface area (Å²) in [6.07, 6.45) is 1.88. The van der Waals surface area contributed by atoms with Gasteiger partial charge in [0.15, 0.2) is 0 Å². The Morgan fingerprint density at radius 1 is 0.933 bits per heavy atom. The van der Waals surface area contributed by atoms with Crippen molar-refractivity contribution in [2.75, 3.05) is 6.61 Å². The summed E-state index contributed by atoms with van der Waals surface area (Å²) < 4.78 is 0. The van der Waals surface area contributed by atoms with Crippen LogP contribution in [0.4, 0.5) is 0 Å². The molecule has 2 aromatic carbocycles. The molecule has 1 nitrogen and oxygen atoms in total. The molecule has 0 heterocycles. The molecule has 0 bridgehead atoms. The van der Waals surface area contributed by atoms with Gasteiger partial charge in [0.1, 0.15) is 0 Å². The van der Waals surface area contributed by atoms with Crippen LogP contribution >= 0.6 is 0 Å². The zero-order valence-corrected chi connectivity index (χ0v) is 9.72. The van der Waals surface area contributed by atoms with Gasteiger partial charge < -0.3 is 35.4 Å². The average Bonchev–Trinajstić information content (AvgIpc) is 2.90. The van der Waals surface area contributed by atoms with Crippen LogP contribution in [-0.2, 0) is 23.5 Å². The van der Waals surface area contributed by atoms with Crippen LogP contribution in [0, 0.1) is 0 Å². The summed E-state index contributed by atoms with van der Waals surface area (Å²) in [5, 5.41) is 8.47. The zero-order valence-electron chi connectivity index (χ0n) is 8.62. The van der Waals surface area contributed by atoms with E-state index in [9.17, 15) is 0 Å². The predicted molar refractivity (Wildman–Crippen MR) is 59.5 cm³/mol. The number of rotatable bonds is 3. The Hall–Kier alpha value is -0.821. The second-order valence-electron chi connectivity index (χ2n) is 3.08. The van der Waals surface area contributed by atoms with Gasteiger partial charge in [-0.2, -0.15) is 17.7 Å². The molecule has 0 spiro atoms. The van der Waals surface area contributed by atoms with E-state index in [1.54, 1.807) is 0 Å². The molecule has 1 N–H and O–H groups in total. The van der Waals surface area contributed by atoms with Crippen molar-refractivity contribution in [3.05, 3.63) is 60.2 Å². The number of aliphatic hydroxyl groups is 1. The van der Waals surface area contributed by atoms with Gasteiger partial charge in [0, 0.05) is 23.7 Å². The Kier molecular flexibility index (Phi) is 9.19. The third-order valence-corrected chi connectivity index (χ3v) is 1.91. The maximum atomic E-state index is 8.47. The quantitative estimate of drug-likeness (QED) is 0.650. The molecule has 88 valence electrons. The van der Waals surface area contributed by atoms with Crippen LogP contribution in [0.2, 0.25) is 0 Å². The minimum Gasteiger partial charge on any atom is -0.748 e. The van der Waals surface area contributed by atoms with E-state index >= 15 is 0 Å². The van der Waals surface area contributed by atoms with Crippen LogP contribution in [-0.4, -0.2) is 11.7 Å². The molecule has 2 heteroatoms. The van der Waals surface area contributed by atoms with Crippen molar-refractivity contribution in [3.63, 3.8) is 0 Å². The molecule has 0 saturated carbocycles. The van der Waals surface area contributed by atoms with Crippen molar-refractivity contribution >= 4 is 0 Å². The smallest absolute Gasteiger partial charge is 0.0424 e. The van der Waals surface area contributed by atoms with Crippen LogP contribution in [0.3, 0.4) is 0 Å². The van der Waals surface area contributed by atoms with Crippen LogP contribution in [0.25, 0.3) is 0 Å². The number of aryl methyl sites for hydroxylation is 1. The van der Waals surface area contributed by atoms with Gasteiger partial charge in [-0.25, -0.2) is 12.1 Å². The Morgan fingerprint density at radius 3 is 1.80 bits per heavy atom. The van der Waals surface area contributed by atoms with Crippen molar-refractivity contribution in [1.29, 1.82) is 0 Å². The van der Waals surface area contributed by atoms with Gasteiger partial charge in [-0.3, -0.25) is 0 Å². The molecule has 2 rings (SSSR count). The molecule has 0 unspecified atom stereocenters. The fraction of sp³-hybridized carbons (Fsp3) is 0.231. The largest absolute Gasteiger partial charge is 0.748 e. The van der Waals surface area contributed by atoms with E-state index in [1.807, 2.05) is 42.5 Å². The van der Waals surface area contributed by atoms with Crippen molar-refractivity contribution in [2.24, 2.45) is 0 Å². The van der Waals surface area contributed by atoms with Crippen molar-refractivity contribution in [1.82, 2.24) is 0 Å². The maximum absolute atomic E-state index is 8.47. The minimum absolute atomic E-state index is 0. The molecule has 2 aromatic rings. The Labute approximate surface area is 102 Å². The Morgan fingerprint density at radius 2 is 1.40 bits per heavy atom. The van der Waals surface area contributed by atoms with Crippen molar-refractivity contribution in [2.45, 2.75) is 12.8 Å². The summed E-state index contributed by atoms with van der Waals surface area (Å²) in [6, 6.07) is 18.2. The van der Waals surface area contributed by atoms with Gasteiger partial charge in [0.2, 0.25) is 0 Å². The summed E-state index contributed by atoms with van der Waals surface area (Å²) in [4.78, 5) is 0. The second-order valence-corrected chi connectivity index (χ2v) is 3.08. The number of aliphatic hydroxyl groups excluding tert-OH is 1. The first-order valence-corrected chi connectivity index (χ1v) is 4.91. The van der Waals surface area contributed by atoms with Gasteiger partial charge in [-0.1, -0.05) is 6.42 Å². The molecule has 0 fully saturated rings. The van der Waals surface area contributed by atoms with Crippen molar-refractivity contribution in [3.8, 4) is 0 Å². The normalized spacial score (nSPS) is 8.60. The maximum Gasteiger partial charge on any atom is 0.0424 e. The van der Waals surface area contributed by atoms with E-state index < -0.39 is 0 Å². The molecule has 0 saturated heterocycles. The third kappa shape index (κ3) is 7.15. The summed E-state index contributed by atoms with van der Waals surface area (Å²) >= 11 is 0. The third-order valence-electron chi connectivity index (χ3n) is 1.91. The van der Waals surface area contributed by atoms with Gasteiger partial charge >= 0.3 is 0 Å². The molecular weight excluding hydrogens is 228 g/mol. The SMILES string of the molecule is OCCC[c-]1cccc1.[Fe].[cH-]1[cH-][cH-][cH-][cH-]1. The fourth-order valence-corrected chi connectivity index (χ4v) is 1.18. The molecule has 0 aromatic heterocycles. The first-order valence-electron chi connectivity index (χ1n) is 4.91. The van der Waals surface area contributed by atoms with Crippen LogP contribution in [0.5, 0.6) is 0 Å². The molecule has 0 aliphatic heterocycles. The molecule has 0 amide bonds. The molecular formula is C13H16FeO-6. The second kappa shape index (κ2) is 9.72.